The van der Waals surface area contributed by atoms with Gasteiger partial charge in [0.15, 0.2) is 12.0 Å². The fourth-order valence-electron chi connectivity index (χ4n) is 6.31. The lowest BCUT2D eigenvalue weighted by molar-refractivity contribution is -0.384. The van der Waals surface area contributed by atoms with Crippen molar-refractivity contribution in [3.8, 4) is 0 Å². The van der Waals surface area contributed by atoms with Crippen molar-refractivity contribution in [1.82, 2.24) is 5.32 Å². The summed E-state index contributed by atoms with van der Waals surface area (Å²) < 4.78 is 29.2. The number of nitrogens with one attached hydrogen (secondary N) is 1. The Labute approximate surface area is 291 Å². The van der Waals surface area contributed by atoms with Gasteiger partial charge in [-0.05, 0) is 56.5 Å². The van der Waals surface area contributed by atoms with Crippen LogP contribution in [0.15, 0.2) is 101 Å². The Hall–Kier alpha value is -5.04. The largest absolute Gasteiger partial charge is 0.466 e. The minimum atomic E-state index is -0.926. The molecule has 1 saturated heterocycles. The Balaban J connectivity index is 1.23. The van der Waals surface area contributed by atoms with Crippen LogP contribution in [-0.4, -0.2) is 62.4 Å². The number of ether oxygens (including phenoxy) is 5. The summed E-state index contributed by atoms with van der Waals surface area (Å²) >= 11 is 0. The van der Waals surface area contributed by atoms with Crippen LogP contribution in [0.5, 0.6) is 0 Å². The number of esters is 2. The summed E-state index contributed by atoms with van der Waals surface area (Å²) in [6, 6.07) is 23.7. The van der Waals surface area contributed by atoms with Gasteiger partial charge in [0.25, 0.3) is 5.69 Å². The standard InChI is InChI=1S/C38H43N3O9/c1-24-32(36(42)46-6)34(28-13-10-14-30(21-28)41(44)45)33(25(2)39-24)37(43)48-20-19-26-15-17-29(18-16-26)40(5)35-31(49-38(3,4)50-35)23-47-22-27-11-8-7-9-12-27/h7-18,21,31,34-35,39H,19-20,22-23H2,1-6H3. The first-order chi connectivity index (χ1) is 23.9. The highest BCUT2D eigenvalue weighted by Crippen LogP contribution is 2.40. The Morgan fingerprint density at radius 3 is 2.26 bits per heavy atom. The van der Waals surface area contributed by atoms with Crippen molar-refractivity contribution in [2.45, 2.75) is 64.8 Å². The van der Waals surface area contributed by atoms with Crippen molar-refractivity contribution in [2.24, 2.45) is 0 Å². The van der Waals surface area contributed by atoms with Crippen LogP contribution in [0.1, 0.15) is 50.3 Å². The number of nitrogens with zero attached hydrogens (tertiary/aromatic N) is 2. The number of dihydropyridines is 1. The number of allylic oxidation sites excluding steroid dienone is 2. The second-order valence-electron chi connectivity index (χ2n) is 12.7. The number of carbonyl (C=O) groups excluding carboxylic acids is 2. The molecule has 12 nitrogen and oxygen atoms in total. The van der Waals surface area contributed by atoms with Crippen LogP contribution in [0.25, 0.3) is 0 Å². The molecule has 2 heterocycles. The number of rotatable bonds is 13. The molecule has 0 saturated carbocycles. The molecule has 0 radical (unpaired) electrons. The van der Waals surface area contributed by atoms with Gasteiger partial charge in [-0.25, -0.2) is 9.59 Å². The molecular formula is C38H43N3O9. The number of anilines is 1. The average molecular weight is 686 g/mol. The molecular weight excluding hydrogens is 642 g/mol. The third kappa shape index (κ3) is 8.39. The summed E-state index contributed by atoms with van der Waals surface area (Å²) in [4.78, 5) is 39.6. The number of likely N-dealkylation sites (N-methyl/N-ethyl adjacent to an activating group) is 1. The van der Waals surface area contributed by atoms with Crippen molar-refractivity contribution in [3.05, 3.63) is 128 Å². The molecule has 1 N–H and O–H groups in total. The second-order valence-corrected chi connectivity index (χ2v) is 12.7. The average Bonchev–Trinajstić information content (AvgIpc) is 3.41. The van der Waals surface area contributed by atoms with E-state index < -0.39 is 28.6 Å². The first-order valence-electron chi connectivity index (χ1n) is 16.4. The van der Waals surface area contributed by atoms with Crippen molar-refractivity contribution < 1.29 is 38.2 Å². The van der Waals surface area contributed by atoms with Crippen LogP contribution in [0.2, 0.25) is 0 Å². The number of methoxy groups -OCH3 is 1. The van der Waals surface area contributed by atoms with Crippen molar-refractivity contribution in [3.63, 3.8) is 0 Å². The zero-order valence-electron chi connectivity index (χ0n) is 29.1. The van der Waals surface area contributed by atoms with E-state index in [2.05, 4.69) is 5.32 Å². The van der Waals surface area contributed by atoms with E-state index in [1.54, 1.807) is 19.9 Å². The molecule has 0 aromatic heterocycles. The maximum atomic E-state index is 13.6. The van der Waals surface area contributed by atoms with Gasteiger partial charge >= 0.3 is 11.9 Å². The number of non-ortho nitro benzene ring substituents is 1. The van der Waals surface area contributed by atoms with Gasteiger partial charge in [-0.2, -0.15) is 0 Å². The lowest BCUT2D eigenvalue weighted by Crippen LogP contribution is -2.41. The second kappa shape index (κ2) is 15.7. The number of carbonyl (C=O) groups is 2. The van der Waals surface area contributed by atoms with Gasteiger partial charge in [0, 0.05) is 42.7 Å². The summed E-state index contributed by atoms with van der Waals surface area (Å²) in [6.07, 6.45) is -0.254. The lowest BCUT2D eigenvalue weighted by atomic mass is 9.80. The quantitative estimate of drug-likeness (QED) is 0.130. The van der Waals surface area contributed by atoms with Gasteiger partial charge < -0.3 is 33.9 Å². The van der Waals surface area contributed by atoms with Crippen LogP contribution < -0.4 is 10.2 Å². The van der Waals surface area contributed by atoms with Crippen LogP contribution in [0.3, 0.4) is 0 Å². The fraction of sp³-hybridized carbons (Fsp3) is 0.368. The number of benzene rings is 3. The van der Waals surface area contributed by atoms with E-state index in [9.17, 15) is 19.7 Å². The first-order valence-corrected chi connectivity index (χ1v) is 16.4. The van der Waals surface area contributed by atoms with Crippen molar-refractivity contribution >= 4 is 23.3 Å². The van der Waals surface area contributed by atoms with Gasteiger partial charge in [0.1, 0.15) is 6.10 Å². The minimum Gasteiger partial charge on any atom is -0.466 e. The lowest BCUT2D eigenvalue weighted by Gasteiger charge is -2.30. The van der Waals surface area contributed by atoms with E-state index in [1.807, 2.05) is 80.4 Å². The Morgan fingerprint density at radius 2 is 1.60 bits per heavy atom. The SMILES string of the molecule is COC(=O)C1=C(C)NC(C)=C(C(=O)OCCc2ccc(N(C)C3OC(C)(C)OC3COCc3ccccc3)cc2)C1c1cccc([N+](=O)[O-])c1. The van der Waals surface area contributed by atoms with Crippen molar-refractivity contribution in [2.75, 3.05) is 32.3 Å². The van der Waals surface area contributed by atoms with Gasteiger partial charge in [0.05, 0.1) is 48.9 Å². The van der Waals surface area contributed by atoms with Crippen LogP contribution >= 0.6 is 0 Å². The highest BCUT2D eigenvalue weighted by Gasteiger charge is 2.44. The van der Waals surface area contributed by atoms with Gasteiger partial charge in [-0.3, -0.25) is 10.1 Å². The molecule has 3 atom stereocenters. The third-order valence-corrected chi connectivity index (χ3v) is 8.70. The zero-order chi connectivity index (χ0) is 36.0. The number of nitro groups is 1. The smallest absolute Gasteiger partial charge is 0.336 e. The highest BCUT2D eigenvalue weighted by atomic mass is 16.8. The number of hydrogen-bond donors (Lipinski definition) is 1. The normalized spacial score (nSPS) is 19.9. The monoisotopic (exact) mass is 685 g/mol. The molecule has 5 rings (SSSR count). The molecule has 0 amide bonds. The Bertz CT molecular complexity index is 1770. The van der Waals surface area contributed by atoms with E-state index in [0.29, 0.717) is 36.6 Å². The summed E-state index contributed by atoms with van der Waals surface area (Å²) in [5.41, 5.74) is 4.49. The molecule has 2 aliphatic heterocycles. The summed E-state index contributed by atoms with van der Waals surface area (Å²) in [5, 5.41) is 14.6. The Kier molecular flexibility index (Phi) is 11.4. The molecule has 0 aliphatic carbocycles. The van der Waals surface area contributed by atoms with Crippen LogP contribution in [0, 0.1) is 10.1 Å². The number of nitro benzene ring substituents is 1. The van der Waals surface area contributed by atoms with E-state index >= 15 is 0 Å². The molecule has 3 aromatic carbocycles. The minimum absolute atomic E-state index is 0.0668. The topological polar surface area (TPSA) is 139 Å². The summed E-state index contributed by atoms with van der Waals surface area (Å²) in [7, 11) is 3.19. The summed E-state index contributed by atoms with van der Waals surface area (Å²) in [6.45, 7) is 8.07. The van der Waals surface area contributed by atoms with Crippen molar-refractivity contribution in [1.29, 1.82) is 0 Å². The van der Waals surface area contributed by atoms with E-state index in [0.717, 1.165) is 16.8 Å². The molecule has 1 fully saturated rings. The molecule has 0 bridgehead atoms. The molecule has 50 heavy (non-hydrogen) atoms. The molecule has 3 unspecified atom stereocenters. The van der Waals surface area contributed by atoms with Gasteiger partial charge in [-0.1, -0.05) is 54.6 Å². The third-order valence-electron chi connectivity index (χ3n) is 8.70. The van der Waals surface area contributed by atoms with Crippen LogP contribution in [0.4, 0.5) is 11.4 Å². The molecule has 0 spiro atoms. The first kappa shape index (κ1) is 36.2. The number of hydrogen-bond acceptors (Lipinski definition) is 11. The summed E-state index contributed by atoms with van der Waals surface area (Å²) in [5.74, 6) is -2.99. The maximum absolute atomic E-state index is 13.6. The van der Waals surface area contributed by atoms with Gasteiger partial charge in [0.2, 0.25) is 0 Å². The van der Waals surface area contributed by atoms with Gasteiger partial charge in [-0.15, -0.1) is 0 Å². The maximum Gasteiger partial charge on any atom is 0.336 e. The fourth-order valence-corrected chi connectivity index (χ4v) is 6.31. The predicted octanol–water partition coefficient (Wildman–Crippen LogP) is 5.92. The zero-order valence-corrected chi connectivity index (χ0v) is 29.1. The molecule has 12 heteroatoms. The predicted molar refractivity (Wildman–Crippen MR) is 186 cm³/mol. The van der Waals surface area contributed by atoms with Crippen LogP contribution in [-0.2, 0) is 46.3 Å². The van der Waals surface area contributed by atoms with E-state index in [4.69, 9.17) is 23.7 Å². The molecule has 264 valence electrons. The highest BCUT2D eigenvalue weighted by molar-refractivity contribution is 5.99. The van der Waals surface area contributed by atoms with E-state index in [1.165, 1.54) is 25.3 Å². The Morgan fingerprint density at radius 1 is 0.920 bits per heavy atom. The molecule has 3 aromatic rings. The van der Waals surface area contributed by atoms with E-state index in [-0.39, 0.29) is 35.8 Å². The molecule has 2 aliphatic rings.